The number of halogens is 1. The van der Waals surface area contributed by atoms with Crippen molar-refractivity contribution in [1.29, 1.82) is 0 Å². The van der Waals surface area contributed by atoms with Crippen LogP contribution in [0.5, 0.6) is 5.75 Å². The number of fused-ring (bicyclic) bond motifs is 1. The molecule has 3 rings (SSSR count). The first kappa shape index (κ1) is 13.4. The molecule has 102 valence electrons. The largest absolute Gasteiger partial charge is 0.496 e. The van der Waals surface area contributed by atoms with Gasteiger partial charge in [0.05, 0.1) is 25.4 Å². The number of benzene rings is 2. The molecule has 1 heterocycles. The van der Waals surface area contributed by atoms with Crippen LogP contribution in [-0.4, -0.2) is 16.9 Å². The molecule has 0 saturated heterocycles. The molecule has 0 aliphatic carbocycles. The van der Waals surface area contributed by atoms with E-state index in [0.29, 0.717) is 6.54 Å². The summed E-state index contributed by atoms with van der Waals surface area (Å²) in [6.45, 7) is 2.81. The van der Waals surface area contributed by atoms with Gasteiger partial charge in [0, 0.05) is 14.5 Å². The predicted octanol–water partition coefficient (Wildman–Crippen LogP) is 4.01. The number of hydrogen-bond acceptors (Lipinski definition) is 2. The van der Waals surface area contributed by atoms with Crippen molar-refractivity contribution in [3.63, 3.8) is 0 Å². The zero-order valence-corrected chi connectivity index (χ0v) is 13.6. The molecule has 0 bridgehead atoms. The fraction of sp³-hybridized carbons (Fsp3) is 0.188. The minimum Gasteiger partial charge on any atom is -0.496 e. The van der Waals surface area contributed by atoms with Gasteiger partial charge < -0.3 is 4.74 Å². The van der Waals surface area contributed by atoms with Gasteiger partial charge in [-0.15, -0.1) is 0 Å². The monoisotopic (exact) mass is 378 g/mol. The molecule has 0 aliphatic rings. The molecule has 0 saturated carbocycles. The molecule has 0 atom stereocenters. The van der Waals surface area contributed by atoms with Crippen molar-refractivity contribution >= 4 is 33.5 Å². The van der Waals surface area contributed by atoms with E-state index < -0.39 is 0 Å². The van der Waals surface area contributed by atoms with Crippen LogP contribution in [-0.2, 0) is 6.54 Å². The number of rotatable bonds is 3. The van der Waals surface area contributed by atoms with Crippen LogP contribution >= 0.6 is 22.6 Å². The highest BCUT2D eigenvalue weighted by Gasteiger charge is 2.08. The van der Waals surface area contributed by atoms with E-state index in [9.17, 15) is 0 Å². The van der Waals surface area contributed by atoms with Gasteiger partial charge in [-0.2, -0.15) is 5.10 Å². The first-order valence-electron chi connectivity index (χ1n) is 6.42. The van der Waals surface area contributed by atoms with E-state index in [-0.39, 0.29) is 0 Å². The van der Waals surface area contributed by atoms with E-state index in [1.165, 1.54) is 9.13 Å². The van der Waals surface area contributed by atoms with Gasteiger partial charge in [-0.25, -0.2) is 0 Å². The lowest BCUT2D eigenvalue weighted by Crippen LogP contribution is -2.03. The topological polar surface area (TPSA) is 27.1 Å². The Labute approximate surface area is 131 Å². The van der Waals surface area contributed by atoms with E-state index in [0.717, 1.165) is 22.2 Å². The number of ether oxygens (including phenoxy) is 1. The van der Waals surface area contributed by atoms with E-state index in [4.69, 9.17) is 4.74 Å². The molecule has 3 nitrogen and oxygen atoms in total. The summed E-state index contributed by atoms with van der Waals surface area (Å²) in [7, 11) is 1.71. The minimum absolute atomic E-state index is 0.717. The maximum Gasteiger partial charge on any atom is 0.123 e. The van der Waals surface area contributed by atoms with Gasteiger partial charge in [-0.1, -0.05) is 23.8 Å². The van der Waals surface area contributed by atoms with E-state index in [1.807, 2.05) is 16.9 Å². The third-order valence-electron chi connectivity index (χ3n) is 3.36. The molecule has 3 aromatic rings. The van der Waals surface area contributed by atoms with Crippen LogP contribution < -0.4 is 4.74 Å². The summed E-state index contributed by atoms with van der Waals surface area (Å²) in [5, 5.41) is 5.66. The van der Waals surface area contributed by atoms with Gasteiger partial charge in [-0.05, 0) is 47.7 Å². The SMILES string of the molecule is COc1ccc(C)cc1Cn1ncc2ccc(I)cc21. The van der Waals surface area contributed by atoms with E-state index >= 15 is 0 Å². The van der Waals surface area contributed by atoms with Crippen LogP contribution in [0.1, 0.15) is 11.1 Å². The Hall–Kier alpha value is -1.56. The molecule has 20 heavy (non-hydrogen) atoms. The molecule has 0 aliphatic heterocycles. The summed E-state index contributed by atoms with van der Waals surface area (Å²) in [5.74, 6) is 0.907. The zero-order chi connectivity index (χ0) is 14.1. The van der Waals surface area contributed by atoms with Crippen molar-refractivity contribution in [2.75, 3.05) is 7.11 Å². The second-order valence-corrected chi connectivity index (χ2v) is 6.07. The van der Waals surface area contributed by atoms with Crippen molar-refractivity contribution in [2.24, 2.45) is 0 Å². The van der Waals surface area contributed by atoms with Crippen molar-refractivity contribution in [1.82, 2.24) is 9.78 Å². The van der Waals surface area contributed by atoms with Crippen molar-refractivity contribution in [3.05, 3.63) is 57.3 Å². The molecule has 0 unspecified atom stereocenters. The molecular formula is C16H15IN2O. The highest BCUT2D eigenvalue weighted by atomic mass is 127. The molecule has 0 amide bonds. The van der Waals surface area contributed by atoms with Crippen LogP contribution in [0.25, 0.3) is 10.9 Å². The standard InChI is InChI=1S/C16H15IN2O/c1-11-3-6-16(20-2)13(7-11)10-19-15-8-14(17)5-4-12(15)9-18-19/h3-9H,10H2,1-2H3. The van der Waals surface area contributed by atoms with Crippen LogP contribution in [0.4, 0.5) is 0 Å². The molecule has 0 N–H and O–H groups in total. The second-order valence-electron chi connectivity index (χ2n) is 4.82. The van der Waals surface area contributed by atoms with Crippen LogP contribution in [0.2, 0.25) is 0 Å². The fourth-order valence-corrected chi connectivity index (χ4v) is 2.84. The molecule has 0 radical (unpaired) electrons. The minimum atomic E-state index is 0.717. The van der Waals surface area contributed by atoms with Crippen molar-refractivity contribution < 1.29 is 4.74 Å². The average molecular weight is 378 g/mol. The Balaban J connectivity index is 2.05. The summed E-state index contributed by atoms with van der Waals surface area (Å²) >= 11 is 2.33. The number of hydrogen-bond donors (Lipinski definition) is 0. The maximum absolute atomic E-state index is 5.44. The summed E-state index contributed by atoms with van der Waals surface area (Å²) < 4.78 is 8.68. The maximum atomic E-state index is 5.44. The van der Waals surface area contributed by atoms with E-state index in [1.54, 1.807) is 7.11 Å². The van der Waals surface area contributed by atoms with Crippen molar-refractivity contribution in [2.45, 2.75) is 13.5 Å². The summed E-state index contributed by atoms with van der Waals surface area (Å²) in [4.78, 5) is 0. The Bertz CT molecular complexity index is 764. The highest BCUT2D eigenvalue weighted by Crippen LogP contribution is 2.23. The third kappa shape index (κ3) is 2.52. The summed E-state index contributed by atoms with van der Waals surface area (Å²) in [5.41, 5.74) is 3.53. The first-order valence-corrected chi connectivity index (χ1v) is 7.50. The average Bonchev–Trinajstić information content (AvgIpc) is 2.82. The predicted molar refractivity (Wildman–Crippen MR) is 89.3 cm³/mol. The van der Waals surface area contributed by atoms with Gasteiger partial charge in [0.15, 0.2) is 0 Å². The highest BCUT2D eigenvalue weighted by molar-refractivity contribution is 14.1. The lowest BCUT2D eigenvalue weighted by atomic mass is 10.1. The Morgan fingerprint density at radius 2 is 2.05 bits per heavy atom. The van der Waals surface area contributed by atoms with Gasteiger partial charge in [0.25, 0.3) is 0 Å². The second kappa shape index (κ2) is 5.44. The quantitative estimate of drug-likeness (QED) is 0.644. The zero-order valence-electron chi connectivity index (χ0n) is 11.4. The normalized spacial score (nSPS) is 10.9. The van der Waals surface area contributed by atoms with Gasteiger partial charge in [0.2, 0.25) is 0 Å². The van der Waals surface area contributed by atoms with Gasteiger partial charge in [0.1, 0.15) is 5.75 Å². The molecule has 2 aromatic carbocycles. The third-order valence-corrected chi connectivity index (χ3v) is 4.03. The number of nitrogens with zero attached hydrogens (tertiary/aromatic N) is 2. The van der Waals surface area contributed by atoms with E-state index in [2.05, 4.69) is 64.9 Å². The number of methoxy groups -OCH3 is 1. The fourth-order valence-electron chi connectivity index (χ4n) is 2.36. The lowest BCUT2D eigenvalue weighted by molar-refractivity contribution is 0.407. The Kier molecular flexibility index (Phi) is 3.65. The van der Waals surface area contributed by atoms with Crippen molar-refractivity contribution in [3.8, 4) is 5.75 Å². The summed E-state index contributed by atoms with van der Waals surface area (Å²) in [6.07, 6.45) is 1.91. The molecule has 0 spiro atoms. The number of aryl methyl sites for hydroxylation is 1. The molecule has 4 heteroatoms. The van der Waals surface area contributed by atoms with Crippen LogP contribution in [0, 0.1) is 10.5 Å². The lowest BCUT2D eigenvalue weighted by Gasteiger charge is -2.10. The molecular weight excluding hydrogens is 363 g/mol. The number of aromatic nitrogens is 2. The Morgan fingerprint density at radius 1 is 1.20 bits per heavy atom. The first-order chi connectivity index (χ1) is 9.67. The van der Waals surface area contributed by atoms with Gasteiger partial charge in [-0.3, -0.25) is 4.68 Å². The van der Waals surface area contributed by atoms with Crippen LogP contribution in [0.3, 0.4) is 0 Å². The molecule has 0 fully saturated rings. The van der Waals surface area contributed by atoms with Gasteiger partial charge >= 0.3 is 0 Å². The summed E-state index contributed by atoms with van der Waals surface area (Å²) in [6, 6.07) is 12.6. The molecule has 1 aromatic heterocycles. The Morgan fingerprint density at radius 3 is 2.85 bits per heavy atom. The smallest absolute Gasteiger partial charge is 0.123 e. The van der Waals surface area contributed by atoms with Crippen LogP contribution in [0.15, 0.2) is 42.6 Å².